The predicted molar refractivity (Wildman–Crippen MR) is 93.8 cm³/mol. The quantitative estimate of drug-likeness (QED) is 0.663. The largest absolute Gasteiger partial charge is 0.478 e. The summed E-state index contributed by atoms with van der Waals surface area (Å²) in [5.74, 6) is -1.26. The number of pyridine rings is 3. The fraction of sp³-hybridized carbons (Fsp3) is 0. The summed E-state index contributed by atoms with van der Waals surface area (Å²) in [7, 11) is 0. The molecule has 27 heavy (non-hydrogen) atoms. The molecule has 0 saturated carbocycles. The molecule has 0 amide bonds. The number of carboxylic acids is 1. The van der Waals surface area contributed by atoms with Crippen LogP contribution < -0.4 is 0 Å². The fourth-order valence-corrected chi connectivity index (χ4v) is 2.68. The van der Waals surface area contributed by atoms with Crippen LogP contribution in [0.2, 0.25) is 0 Å². The molecule has 3 heterocycles. The number of carboxylic acid groups (broad SMARTS) is 1. The van der Waals surface area contributed by atoms with Crippen molar-refractivity contribution in [2.45, 2.75) is 0 Å². The van der Waals surface area contributed by atoms with Gasteiger partial charge in [0.2, 0.25) is 0 Å². The Bertz CT molecular complexity index is 1060. The summed E-state index contributed by atoms with van der Waals surface area (Å²) in [5.41, 5.74) is -0.437. The third kappa shape index (κ3) is 3.11. The Morgan fingerprint density at radius 3 is 2.19 bits per heavy atom. The summed E-state index contributed by atoms with van der Waals surface area (Å²) in [5, 5.41) is 9.46. The van der Waals surface area contributed by atoms with Crippen molar-refractivity contribution in [3.8, 4) is 22.6 Å². The van der Waals surface area contributed by atoms with E-state index in [2.05, 4.69) is 15.0 Å². The predicted octanol–water partition coefficient (Wildman–Crippen LogP) is 2.34. The van der Waals surface area contributed by atoms with Crippen molar-refractivity contribution in [2.24, 2.45) is 0 Å². The molecule has 3 rings (SSSR count). The zero-order valence-corrected chi connectivity index (χ0v) is 13.7. The Kier molecular flexibility index (Phi) is 4.89. The van der Waals surface area contributed by atoms with Crippen molar-refractivity contribution in [3.63, 3.8) is 0 Å². The molecule has 132 valence electrons. The van der Waals surface area contributed by atoms with Crippen molar-refractivity contribution < 1.29 is 24.3 Å². The lowest BCUT2D eigenvalue weighted by molar-refractivity contribution is 0.0697. The third-order valence-electron chi connectivity index (χ3n) is 3.84. The number of hydrogen-bond donors (Lipinski definition) is 1. The van der Waals surface area contributed by atoms with E-state index in [4.69, 9.17) is 0 Å². The Labute approximate surface area is 152 Å². The van der Waals surface area contributed by atoms with Crippen LogP contribution in [0.15, 0.2) is 42.7 Å². The number of aldehydes is 3. The molecule has 0 fully saturated rings. The van der Waals surface area contributed by atoms with E-state index in [1.165, 1.54) is 24.5 Å². The van der Waals surface area contributed by atoms with Crippen molar-refractivity contribution in [2.75, 3.05) is 0 Å². The van der Waals surface area contributed by atoms with Crippen LogP contribution >= 0.6 is 0 Å². The number of carbonyl (C=O) groups is 4. The van der Waals surface area contributed by atoms with E-state index in [1.807, 2.05) is 0 Å². The zero-order valence-electron chi connectivity index (χ0n) is 13.7. The van der Waals surface area contributed by atoms with Gasteiger partial charge in [0, 0.05) is 23.5 Å². The highest BCUT2D eigenvalue weighted by Crippen LogP contribution is 2.34. The molecule has 0 aliphatic carbocycles. The lowest BCUT2D eigenvalue weighted by Crippen LogP contribution is -2.10. The molecule has 8 heteroatoms. The van der Waals surface area contributed by atoms with E-state index in [-0.39, 0.29) is 45.0 Å². The maximum absolute atomic E-state index is 11.8. The van der Waals surface area contributed by atoms with Gasteiger partial charge in [0.15, 0.2) is 18.9 Å². The summed E-state index contributed by atoms with van der Waals surface area (Å²) < 4.78 is 0. The van der Waals surface area contributed by atoms with Gasteiger partial charge in [0.05, 0.1) is 16.8 Å². The summed E-state index contributed by atoms with van der Waals surface area (Å²) >= 11 is 0. The van der Waals surface area contributed by atoms with Crippen LogP contribution in [0.1, 0.15) is 41.6 Å². The van der Waals surface area contributed by atoms with Crippen LogP contribution in [0.25, 0.3) is 22.6 Å². The number of rotatable bonds is 6. The van der Waals surface area contributed by atoms with Crippen LogP contribution in [-0.4, -0.2) is 44.9 Å². The molecule has 0 spiro atoms. The van der Waals surface area contributed by atoms with E-state index in [0.29, 0.717) is 18.9 Å². The van der Waals surface area contributed by atoms with Gasteiger partial charge in [-0.3, -0.25) is 24.4 Å². The molecule has 0 bridgehead atoms. The third-order valence-corrected chi connectivity index (χ3v) is 3.84. The molecule has 0 aliphatic heterocycles. The molecule has 0 saturated heterocycles. The second kappa shape index (κ2) is 7.44. The number of hydrogen-bond acceptors (Lipinski definition) is 7. The van der Waals surface area contributed by atoms with Crippen molar-refractivity contribution in [1.82, 2.24) is 15.0 Å². The molecule has 3 aromatic heterocycles. The summed E-state index contributed by atoms with van der Waals surface area (Å²) in [6.07, 6.45) is 3.92. The molecule has 0 radical (unpaired) electrons. The molecular weight excluding hydrogens is 350 g/mol. The first-order chi connectivity index (χ1) is 13.1. The van der Waals surface area contributed by atoms with Gasteiger partial charge in [0.1, 0.15) is 17.1 Å². The zero-order chi connectivity index (χ0) is 19.4. The van der Waals surface area contributed by atoms with Crippen LogP contribution in [0.3, 0.4) is 0 Å². The second-order valence-corrected chi connectivity index (χ2v) is 5.32. The normalized spacial score (nSPS) is 10.2. The highest BCUT2D eigenvalue weighted by Gasteiger charge is 2.25. The Morgan fingerprint density at radius 2 is 1.59 bits per heavy atom. The van der Waals surface area contributed by atoms with E-state index in [9.17, 15) is 24.3 Å². The van der Waals surface area contributed by atoms with Crippen molar-refractivity contribution >= 4 is 24.8 Å². The molecule has 1 N–H and O–H groups in total. The average Bonchev–Trinajstić information content (AvgIpc) is 2.72. The minimum atomic E-state index is -1.26. The Morgan fingerprint density at radius 1 is 0.852 bits per heavy atom. The number of carbonyl (C=O) groups excluding carboxylic acids is 3. The van der Waals surface area contributed by atoms with Gasteiger partial charge in [-0.15, -0.1) is 0 Å². The van der Waals surface area contributed by atoms with E-state index < -0.39 is 5.97 Å². The van der Waals surface area contributed by atoms with Crippen LogP contribution in [-0.2, 0) is 0 Å². The number of nitrogens with zero attached hydrogens (tertiary/aromatic N) is 3. The Balaban J connectivity index is 2.51. The topological polar surface area (TPSA) is 127 Å². The highest BCUT2D eigenvalue weighted by atomic mass is 16.4. The van der Waals surface area contributed by atoms with Crippen LogP contribution in [0, 0.1) is 0 Å². The highest BCUT2D eigenvalue weighted by molar-refractivity contribution is 6.06. The second-order valence-electron chi connectivity index (χ2n) is 5.32. The van der Waals surface area contributed by atoms with E-state index in [0.717, 1.165) is 0 Å². The first kappa shape index (κ1) is 17.7. The molecule has 0 atom stereocenters. The van der Waals surface area contributed by atoms with Gasteiger partial charge in [-0.05, 0) is 24.3 Å². The summed E-state index contributed by atoms with van der Waals surface area (Å²) in [6, 6.07) is 7.65. The van der Waals surface area contributed by atoms with Gasteiger partial charge < -0.3 is 5.11 Å². The van der Waals surface area contributed by atoms with Crippen LogP contribution in [0.4, 0.5) is 0 Å². The van der Waals surface area contributed by atoms with Gasteiger partial charge in [-0.2, -0.15) is 0 Å². The summed E-state index contributed by atoms with van der Waals surface area (Å²) in [4.78, 5) is 58.7. The molecular formula is C19H11N3O5. The smallest absolute Gasteiger partial charge is 0.337 e. The molecule has 3 aromatic rings. The first-order valence-corrected chi connectivity index (χ1v) is 7.66. The monoisotopic (exact) mass is 361 g/mol. The van der Waals surface area contributed by atoms with Gasteiger partial charge in [0.25, 0.3) is 0 Å². The van der Waals surface area contributed by atoms with Gasteiger partial charge >= 0.3 is 5.97 Å². The minimum Gasteiger partial charge on any atom is -0.478 e. The minimum absolute atomic E-state index is 0.0264. The van der Waals surface area contributed by atoms with Gasteiger partial charge in [-0.1, -0.05) is 6.07 Å². The van der Waals surface area contributed by atoms with E-state index in [1.54, 1.807) is 18.2 Å². The van der Waals surface area contributed by atoms with Crippen molar-refractivity contribution in [3.05, 3.63) is 65.1 Å². The Hall–Kier alpha value is -4.07. The fourth-order valence-electron chi connectivity index (χ4n) is 2.68. The molecule has 0 unspecified atom stereocenters. The number of aromatic carboxylic acids is 1. The maximum atomic E-state index is 11.8. The molecule has 0 aliphatic rings. The standard InChI is InChI=1S/C19H11N3O5/c23-8-12-13(9-24)16(14-5-1-2-6-20-14)18(22-15(12)10-25)17-11(19(26)27)4-3-7-21-17/h1-10H,(H,26,27). The molecule has 8 nitrogen and oxygen atoms in total. The molecule has 0 aromatic carbocycles. The van der Waals surface area contributed by atoms with E-state index >= 15 is 0 Å². The maximum Gasteiger partial charge on any atom is 0.337 e. The lowest BCUT2D eigenvalue weighted by atomic mass is 9.94. The lowest BCUT2D eigenvalue weighted by Gasteiger charge is -2.15. The SMILES string of the molecule is O=Cc1nc(-c2ncccc2C(=O)O)c(-c2ccccn2)c(C=O)c1C=O. The van der Waals surface area contributed by atoms with Crippen molar-refractivity contribution in [1.29, 1.82) is 0 Å². The average molecular weight is 361 g/mol. The first-order valence-electron chi connectivity index (χ1n) is 7.66. The number of aromatic nitrogens is 3. The van der Waals surface area contributed by atoms with Crippen LogP contribution in [0.5, 0.6) is 0 Å². The van der Waals surface area contributed by atoms with Gasteiger partial charge in [-0.25, -0.2) is 9.78 Å². The summed E-state index contributed by atoms with van der Waals surface area (Å²) in [6.45, 7) is 0.